The van der Waals surface area contributed by atoms with E-state index in [4.69, 9.17) is 4.74 Å². The van der Waals surface area contributed by atoms with Crippen LogP contribution in [-0.2, 0) is 0 Å². The van der Waals surface area contributed by atoms with Crippen LogP contribution in [0.15, 0.2) is 12.3 Å². The monoisotopic (exact) mass is 125 g/mol. The lowest BCUT2D eigenvalue weighted by Gasteiger charge is -1.88. The molecular formula is C6H7NO2. The Kier molecular flexibility index (Phi) is 1.53. The van der Waals surface area contributed by atoms with E-state index in [1.165, 1.54) is 0 Å². The fourth-order valence-corrected chi connectivity index (χ4v) is 0.575. The average Bonchev–Trinajstić information content (AvgIpc) is 2.34. The number of H-pyrrole nitrogens is 1. The van der Waals surface area contributed by atoms with E-state index in [1.54, 1.807) is 19.4 Å². The molecule has 3 nitrogen and oxygen atoms in total. The molecule has 0 aliphatic heterocycles. The number of aromatic amines is 1. The summed E-state index contributed by atoms with van der Waals surface area (Å²) >= 11 is 0. The van der Waals surface area contributed by atoms with Gasteiger partial charge in [-0.15, -0.1) is 0 Å². The largest absolute Gasteiger partial charge is 0.482 e. The Labute approximate surface area is 52.6 Å². The zero-order valence-electron chi connectivity index (χ0n) is 5.05. The third-order valence-corrected chi connectivity index (χ3v) is 1.03. The van der Waals surface area contributed by atoms with Gasteiger partial charge in [0.25, 0.3) is 0 Å². The highest BCUT2D eigenvalue weighted by atomic mass is 16.5. The predicted octanol–water partition coefficient (Wildman–Crippen LogP) is 0.836. The van der Waals surface area contributed by atoms with Crippen LogP contribution in [0, 0.1) is 0 Å². The first-order valence-electron chi connectivity index (χ1n) is 2.54. The maximum Gasteiger partial charge on any atom is 0.191 e. The van der Waals surface area contributed by atoms with Gasteiger partial charge >= 0.3 is 0 Å². The quantitative estimate of drug-likeness (QED) is 0.595. The van der Waals surface area contributed by atoms with Gasteiger partial charge in [0, 0.05) is 17.8 Å². The van der Waals surface area contributed by atoms with E-state index in [1.807, 2.05) is 0 Å². The summed E-state index contributed by atoms with van der Waals surface area (Å²) in [6.07, 6.45) is 2.35. The topological polar surface area (TPSA) is 42.1 Å². The van der Waals surface area contributed by atoms with Crippen molar-refractivity contribution in [3.05, 3.63) is 17.8 Å². The van der Waals surface area contributed by atoms with Gasteiger partial charge in [-0.2, -0.15) is 0 Å². The summed E-state index contributed by atoms with van der Waals surface area (Å²) in [6, 6.07) is 1.63. The van der Waals surface area contributed by atoms with Gasteiger partial charge in [-0.05, 0) is 0 Å². The molecule has 1 heterocycles. The first-order valence-corrected chi connectivity index (χ1v) is 2.54. The molecule has 1 aromatic heterocycles. The van der Waals surface area contributed by atoms with Crippen molar-refractivity contribution < 1.29 is 9.53 Å². The molecular weight excluding hydrogens is 118 g/mol. The Balaban J connectivity index is 2.86. The molecule has 3 heteroatoms. The predicted molar refractivity (Wildman–Crippen MR) is 32.7 cm³/mol. The summed E-state index contributed by atoms with van der Waals surface area (Å²) in [5, 5.41) is 0. The van der Waals surface area contributed by atoms with Crippen molar-refractivity contribution in [1.29, 1.82) is 0 Å². The molecule has 1 aromatic rings. The minimum atomic E-state index is 0.604. The van der Waals surface area contributed by atoms with Crippen molar-refractivity contribution in [3.8, 4) is 5.88 Å². The second-order valence-electron chi connectivity index (χ2n) is 1.62. The highest BCUT2D eigenvalue weighted by Crippen LogP contribution is 2.07. The molecule has 1 rings (SSSR count). The number of rotatable bonds is 2. The maximum absolute atomic E-state index is 10.1. The molecule has 48 valence electrons. The molecule has 0 bridgehead atoms. The van der Waals surface area contributed by atoms with Crippen molar-refractivity contribution in [2.24, 2.45) is 0 Å². The van der Waals surface area contributed by atoms with Gasteiger partial charge in [0.2, 0.25) is 0 Å². The van der Waals surface area contributed by atoms with Crippen LogP contribution >= 0.6 is 0 Å². The van der Waals surface area contributed by atoms with Gasteiger partial charge in [-0.1, -0.05) is 0 Å². The lowest BCUT2D eigenvalue weighted by Crippen LogP contribution is -1.78. The molecule has 0 fully saturated rings. The molecule has 0 spiro atoms. The summed E-state index contributed by atoms with van der Waals surface area (Å²) in [6.45, 7) is 0. The van der Waals surface area contributed by atoms with Crippen LogP contribution < -0.4 is 4.74 Å². The van der Waals surface area contributed by atoms with E-state index in [9.17, 15) is 4.79 Å². The first-order chi connectivity index (χ1) is 4.36. The SMILES string of the molecule is COc1cc(C=O)c[nH]1. The van der Waals surface area contributed by atoms with E-state index < -0.39 is 0 Å². The third kappa shape index (κ3) is 1.10. The van der Waals surface area contributed by atoms with Crippen LogP contribution in [0.4, 0.5) is 0 Å². The maximum atomic E-state index is 10.1. The smallest absolute Gasteiger partial charge is 0.191 e. The highest BCUT2D eigenvalue weighted by molar-refractivity contribution is 5.74. The fraction of sp³-hybridized carbons (Fsp3) is 0.167. The normalized spacial score (nSPS) is 9.00. The van der Waals surface area contributed by atoms with Gasteiger partial charge < -0.3 is 9.72 Å². The summed E-state index contributed by atoms with van der Waals surface area (Å²) in [5.41, 5.74) is 0.604. The molecule has 0 amide bonds. The Morgan fingerprint density at radius 1 is 1.78 bits per heavy atom. The zero-order valence-corrected chi connectivity index (χ0v) is 5.05. The number of hydrogen-bond acceptors (Lipinski definition) is 2. The summed E-state index contributed by atoms with van der Waals surface area (Å²) in [5.74, 6) is 0.608. The molecule has 9 heavy (non-hydrogen) atoms. The molecule has 1 N–H and O–H groups in total. The van der Waals surface area contributed by atoms with Crippen molar-refractivity contribution in [3.63, 3.8) is 0 Å². The molecule has 0 saturated heterocycles. The van der Waals surface area contributed by atoms with Crippen molar-refractivity contribution in [1.82, 2.24) is 4.98 Å². The van der Waals surface area contributed by atoms with Crippen LogP contribution in [0.5, 0.6) is 5.88 Å². The highest BCUT2D eigenvalue weighted by Gasteiger charge is 1.93. The van der Waals surface area contributed by atoms with Crippen LogP contribution in [0.3, 0.4) is 0 Å². The molecule has 0 aliphatic rings. The molecule has 0 aromatic carbocycles. The lowest BCUT2D eigenvalue weighted by molar-refractivity contribution is 0.112. The second kappa shape index (κ2) is 2.35. The number of methoxy groups -OCH3 is 1. The molecule has 0 radical (unpaired) electrons. The number of hydrogen-bond donors (Lipinski definition) is 1. The van der Waals surface area contributed by atoms with E-state index in [0.717, 1.165) is 6.29 Å². The summed E-state index contributed by atoms with van der Waals surface area (Å²) < 4.78 is 4.78. The van der Waals surface area contributed by atoms with E-state index >= 15 is 0 Å². The van der Waals surface area contributed by atoms with Gasteiger partial charge in [0.15, 0.2) is 12.2 Å². The van der Waals surface area contributed by atoms with Gasteiger partial charge in [0.05, 0.1) is 7.11 Å². The van der Waals surface area contributed by atoms with Gasteiger partial charge in [-0.3, -0.25) is 4.79 Å². The van der Waals surface area contributed by atoms with Crippen LogP contribution in [0.1, 0.15) is 10.4 Å². The molecule has 0 saturated carbocycles. The third-order valence-electron chi connectivity index (χ3n) is 1.03. The molecule has 0 atom stereocenters. The van der Waals surface area contributed by atoms with E-state index in [2.05, 4.69) is 4.98 Å². The summed E-state index contributed by atoms with van der Waals surface area (Å²) in [4.78, 5) is 12.8. The Bertz CT molecular complexity index is 205. The lowest BCUT2D eigenvalue weighted by atomic mass is 10.4. The standard InChI is InChI=1S/C6H7NO2/c1-9-6-2-5(4-8)3-7-6/h2-4,7H,1H3. The van der Waals surface area contributed by atoms with Crippen LogP contribution in [0.25, 0.3) is 0 Å². The van der Waals surface area contributed by atoms with E-state index in [0.29, 0.717) is 11.4 Å². The minimum absolute atomic E-state index is 0.604. The summed E-state index contributed by atoms with van der Waals surface area (Å²) in [7, 11) is 1.54. The van der Waals surface area contributed by atoms with Crippen LogP contribution in [0.2, 0.25) is 0 Å². The second-order valence-corrected chi connectivity index (χ2v) is 1.62. The van der Waals surface area contributed by atoms with Gasteiger partial charge in [0.1, 0.15) is 0 Å². The average molecular weight is 125 g/mol. The van der Waals surface area contributed by atoms with Crippen molar-refractivity contribution in [2.45, 2.75) is 0 Å². The van der Waals surface area contributed by atoms with Crippen LogP contribution in [-0.4, -0.2) is 18.4 Å². The Hall–Kier alpha value is -1.25. The Morgan fingerprint density at radius 2 is 2.56 bits per heavy atom. The number of aromatic nitrogens is 1. The van der Waals surface area contributed by atoms with Crippen molar-refractivity contribution >= 4 is 6.29 Å². The number of ether oxygens (including phenoxy) is 1. The minimum Gasteiger partial charge on any atom is -0.482 e. The number of carbonyl (C=O) groups is 1. The number of carbonyl (C=O) groups excluding carboxylic acids is 1. The zero-order chi connectivity index (χ0) is 6.69. The molecule has 0 unspecified atom stereocenters. The van der Waals surface area contributed by atoms with E-state index in [-0.39, 0.29) is 0 Å². The number of aldehydes is 1. The first kappa shape index (κ1) is 5.88. The fourth-order valence-electron chi connectivity index (χ4n) is 0.575. The Morgan fingerprint density at radius 3 is 2.89 bits per heavy atom. The number of nitrogens with one attached hydrogen (secondary N) is 1. The molecule has 0 aliphatic carbocycles. The van der Waals surface area contributed by atoms with Crippen molar-refractivity contribution in [2.75, 3.05) is 7.11 Å². The van der Waals surface area contributed by atoms with Gasteiger partial charge in [-0.25, -0.2) is 0 Å².